The molecule has 0 aliphatic carbocycles. The summed E-state index contributed by atoms with van der Waals surface area (Å²) in [6.45, 7) is 3.81. The maximum Gasteiger partial charge on any atom is 0.252 e. The van der Waals surface area contributed by atoms with Gasteiger partial charge in [-0.25, -0.2) is 4.98 Å². The number of carbonyl (C=O) groups is 1. The van der Waals surface area contributed by atoms with Crippen molar-refractivity contribution in [2.75, 3.05) is 0 Å². The molecule has 1 amide bonds. The molecule has 4 aromatic rings. The molecule has 0 saturated heterocycles. The van der Waals surface area contributed by atoms with E-state index in [1.165, 1.54) is 5.56 Å². The Morgan fingerprint density at radius 2 is 1.69 bits per heavy atom. The average molecular weight is 384 g/mol. The molecule has 1 N–H and O–H groups in total. The predicted octanol–water partition coefficient (Wildman–Crippen LogP) is 4.30. The third kappa shape index (κ3) is 3.90. The van der Waals surface area contributed by atoms with E-state index in [0.29, 0.717) is 5.56 Å². The maximum absolute atomic E-state index is 13.4. The summed E-state index contributed by atoms with van der Waals surface area (Å²) in [7, 11) is 1.85. The molecule has 146 valence electrons. The lowest BCUT2D eigenvalue weighted by Crippen LogP contribution is -2.30. The molecule has 0 bridgehead atoms. The van der Waals surface area contributed by atoms with E-state index < -0.39 is 0 Å². The average Bonchev–Trinajstić information content (AvgIpc) is 3.01. The summed E-state index contributed by atoms with van der Waals surface area (Å²) in [5.74, 6) is -0.110. The van der Waals surface area contributed by atoms with Crippen molar-refractivity contribution in [2.24, 2.45) is 7.05 Å². The molecule has 1 atom stereocenters. The monoisotopic (exact) mass is 384 g/mol. The molecule has 0 fully saturated rings. The third-order valence-corrected chi connectivity index (χ3v) is 5.13. The molecule has 29 heavy (non-hydrogen) atoms. The molecule has 1 unspecified atom stereocenters. The van der Waals surface area contributed by atoms with Crippen LogP contribution < -0.4 is 5.32 Å². The normalized spacial score (nSPS) is 12.1. The summed E-state index contributed by atoms with van der Waals surface area (Å²) < 4.78 is 1.73. The van der Waals surface area contributed by atoms with Gasteiger partial charge in [-0.2, -0.15) is 5.10 Å². The third-order valence-electron chi connectivity index (χ3n) is 5.13. The topological polar surface area (TPSA) is 59.8 Å². The molecule has 0 aliphatic heterocycles. The van der Waals surface area contributed by atoms with E-state index in [1.54, 1.807) is 4.68 Å². The van der Waals surface area contributed by atoms with Gasteiger partial charge >= 0.3 is 0 Å². The van der Waals surface area contributed by atoms with Crippen molar-refractivity contribution in [1.82, 2.24) is 20.1 Å². The highest BCUT2D eigenvalue weighted by Gasteiger charge is 2.21. The van der Waals surface area contributed by atoms with E-state index in [2.05, 4.69) is 39.7 Å². The number of carbonyl (C=O) groups excluding carboxylic acids is 1. The van der Waals surface area contributed by atoms with Gasteiger partial charge < -0.3 is 5.32 Å². The van der Waals surface area contributed by atoms with Crippen LogP contribution in [0.25, 0.3) is 11.0 Å². The van der Waals surface area contributed by atoms with Gasteiger partial charge in [0.25, 0.3) is 5.91 Å². The van der Waals surface area contributed by atoms with Crippen LogP contribution in [0.1, 0.15) is 38.9 Å². The number of amides is 1. The summed E-state index contributed by atoms with van der Waals surface area (Å²) in [5.41, 5.74) is 5.20. The van der Waals surface area contributed by atoms with E-state index in [-0.39, 0.29) is 11.9 Å². The minimum atomic E-state index is -0.133. The zero-order valence-corrected chi connectivity index (χ0v) is 16.9. The van der Waals surface area contributed by atoms with Crippen LogP contribution in [0.4, 0.5) is 0 Å². The number of benzene rings is 2. The molecule has 4 rings (SSSR count). The second-order valence-electron chi connectivity index (χ2n) is 7.35. The molecular weight excluding hydrogens is 360 g/mol. The van der Waals surface area contributed by atoms with Crippen LogP contribution in [0, 0.1) is 13.8 Å². The van der Waals surface area contributed by atoms with Gasteiger partial charge in [-0.1, -0.05) is 60.7 Å². The Balaban J connectivity index is 1.71. The molecular formula is C24H24N4O. The maximum atomic E-state index is 13.4. The second-order valence-corrected chi connectivity index (χ2v) is 7.35. The molecule has 2 heterocycles. The Bertz CT molecular complexity index is 1150. The zero-order chi connectivity index (χ0) is 20.4. The van der Waals surface area contributed by atoms with Crippen LogP contribution in [0.15, 0.2) is 66.7 Å². The fourth-order valence-electron chi connectivity index (χ4n) is 3.77. The summed E-state index contributed by atoms with van der Waals surface area (Å²) >= 11 is 0. The molecule has 0 radical (unpaired) electrons. The van der Waals surface area contributed by atoms with E-state index in [4.69, 9.17) is 0 Å². The summed E-state index contributed by atoms with van der Waals surface area (Å²) in [4.78, 5) is 17.9. The fraction of sp³-hybridized carbons (Fsp3) is 0.208. The van der Waals surface area contributed by atoms with E-state index in [0.717, 1.165) is 34.4 Å². The zero-order valence-electron chi connectivity index (χ0n) is 16.9. The predicted molar refractivity (Wildman–Crippen MR) is 115 cm³/mol. The van der Waals surface area contributed by atoms with Crippen LogP contribution in [-0.2, 0) is 13.5 Å². The molecule has 0 saturated carbocycles. The van der Waals surface area contributed by atoms with Gasteiger partial charge in [-0.3, -0.25) is 9.48 Å². The molecule has 5 nitrogen and oxygen atoms in total. The largest absolute Gasteiger partial charge is 0.345 e. The lowest BCUT2D eigenvalue weighted by Gasteiger charge is -2.20. The van der Waals surface area contributed by atoms with Gasteiger partial charge in [0.05, 0.1) is 22.7 Å². The summed E-state index contributed by atoms with van der Waals surface area (Å²) in [6, 6.07) is 22.0. The number of hydrogen-bond acceptors (Lipinski definition) is 3. The summed E-state index contributed by atoms with van der Waals surface area (Å²) in [5, 5.41) is 8.51. The lowest BCUT2D eigenvalue weighted by molar-refractivity contribution is 0.0938. The number of nitrogens with one attached hydrogen (secondary N) is 1. The van der Waals surface area contributed by atoms with Crippen LogP contribution in [0.5, 0.6) is 0 Å². The molecule has 2 aromatic heterocycles. The first kappa shape index (κ1) is 18.9. The Morgan fingerprint density at radius 1 is 1.03 bits per heavy atom. The Labute approximate surface area is 170 Å². The standard InChI is InChI=1S/C24H24N4O/c1-16-14-20(22-17(2)27-28(3)23(22)25-16)24(29)26-21(19-12-8-5-9-13-19)15-18-10-6-4-7-11-18/h4-14,21H,15H2,1-3H3,(H,26,29). The summed E-state index contributed by atoms with van der Waals surface area (Å²) in [6.07, 6.45) is 0.718. The quantitative estimate of drug-likeness (QED) is 0.558. The molecule has 2 aromatic carbocycles. The van der Waals surface area contributed by atoms with Crippen molar-refractivity contribution < 1.29 is 4.79 Å². The lowest BCUT2D eigenvalue weighted by atomic mass is 9.98. The highest BCUT2D eigenvalue weighted by molar-refractivity contribution is 6.06. The van der Waals surface area contributed by atoms with Gasteiger partial charge in [0.2, 0.25) is 0 Å². The van der Waals surface area contributed by atoms with E-state index in [9.17, 15) is 4.79 Å². The smallest absolute Gasteiger partial charge is 0.252 e. The molecule has 0 spiro atoms. The highest BCUT2D eigenvalue weighted by Crippen LogP contribution is 2.24. The van der Waals surface area contributed by atoms with Gasteiger partial charge in [0, 0.05) is 12.7 Å². The minimum Gasteiger partial charge on any atom is -0.345 e. The fourth-order valence-corrected chi connectivity index (χ4v) is 3.77. The van der Waals surface area contributed by atoms with Crippen molar-refractivity contribution >= 4 is 16.9 Å². The number of fused-ring (bicyclic) bond motifs is 1. The number of aromatic nitrogens is 3. The number of pyridine rings is 1. The van der Waals surface area contributed by atoms with Crippen LogP contribution in [-0.4, -0.2) is 20.7 Å². The van der Waals surface area contributed by atoms with Crippen LogP contribution >= 0.6 is 0 Å². The first-order valence-electron chi connectivity index (χ1n) is 9.73. The van der Waals surface area contributed by atoms with E-state index >= 15 is 0 Å². The SMILES string of the molecule is Cc1cc(C(=O)NC(Cc2ccccc2)c2ccccc2)c2c(C)nn(C)c2n1. The Kier molecular flexibility index (Phi) is 5.12. The van der Waals surface area contributed by atoms with Gasteiger partial charge in [0.1, 0.15) is 0 Å². The van der Waals surface area contributed by atoms with Crippen molar-refractivity contribution in [3.8, 4) is 0 Å². The van der Waals surface area contributed by atoms with Gasteiger partial charge in [0.15, 0.2) is 5.65 Å². The number of nitrogens with zero attached hydrogens (tertiary/aromatic N) is 3. The van der Waals surface area contributed by atoms with Crippen LogP contribution in [0.2, 0.25) is 0 Å². The Hall–Kier alpha value is -3.47. The molecule has 5 heteroatoms. The Morgan fingerprint density at radius 3 is 2.38 bits per heavy atom. The van der Waals surface area contributed by atoms with Gasteiger partial charge in [-0.15, -0.1) is 0 Å². The van der Waals surface area contributed by atoms with Crippen molar-refractivity contribution in [1.29, 1.82) is 0 Å². The number of hydrogen-bond donors (Lipinski definition) is 1. The minimum absolute atomic E-state index is 0.110. The van der Waals surface area contributed by atoms with Crippen LogP contribution in [0.3, 0.4) is 0 Å². The highest BCUT2D eigenvalue weighted by atomic mass is 16.1. The van der Waals surface area contributed by atoms with E-state index in [1.807, 2.05) is 63.4 Å². The van der Waals surface area contributed by atoms with Gasteiger partial charge in [-0.05, 0) is 37.5 Å². The first-order valence-corrected chi connectivity index (χ1v) is 9.73. The first-order chi connectivity index (χ1) is 14.0. The molecule has 0 aliphatic rings. The van der Waals surface area contributed by atoms with Crippen molar-refractivity contribution in [3.63, 3.8) is 0 Å². The van der Waals surface area contributed by atoms with Crippen molar-refractivity contribution in [2.45, 2.75) is 26.3 Å². The van der Waals surface area contributed by atoms with Crippen molar-refractivity contribution in [3.05, 3.63) is 94.8 Å². The number of aryl methyl sites for hydroxylation is 3. The number of rotatable bonds is 5. The second kappa shape index (κ2) is 7.87.